The van der Waals surface area contributed by atoms with Crippen molar-refractivity contribution in [2.45, 2.75) is 84.2 Å². The van der Waals surface area contributed by atoms with Gasteiger partial charge in [-0.1, -0.05) is 40.0 Å². The molecule has 0 aromatic carbocycles. The van der Waals surface area contributed by atoms with Gasteiger partial charge in [0.2, 0.25) is 0 Å². The Morgan fingerprint density at radius 1 is 1.00 bits per heavy atom. The van der Waals surface area contributed by atoms with Crippen LogP contribution in [-0.4, -0.2) is 36.6 Å². The van der Waals surface area contributed by atoms with Crippen LogP contribution >= 0.6 is 0 Å². The van der Waals surface area contributed by atoms with E-state index in [1.807, 2.05) is 0 Å². The summed E-state index contributed by atoms with van der Waals surface area (Å²) in [7, 11) is 0. The Labute approximate surface area is 126 Å². The van der Waals surface area contributed by atoms with Gasteiger partial charge in [-0.2, -0.15) is 0 Å². The Hall–Kier alpha value is -0.0800. The van der Waals surface area contributed by atoms with Gasteiger partial charge < -0.3 is 5.32 Å². The van der Waals surface area contributed by atoms with E-state index < -0.39 is 0 Å². The molecular formula is C18H36N2. The maximum absolute atomic E-state index is 3.92. The van der Waals surface area contributed by atoms with Crippen molar-refractivity contribution in [1.82, 2.24) is 10.2 Å². The SMILES string of the molecule is CCC1CCCC(NCC(C(C)C)N2CCCC2)CC1. The summed E-state index contributed by atoms with van der Waals surface area (Å²) in [4.78, 5) is 2.73. The lowest BCUT2D eigenvalue weighted by molar-refractivity contribution is 0.180. The first-order chi connectivity index (χ1) is 9.70. The lowest BCUT2D eigenvalue weighted by Gasteiger charge is -2.32. The van der Waals surface area contributed by atoms with Gasteiger partial charge in [0, 0.05) is 18.6 Å². The highest BCUT2D eigenvalue weighted by Gasteiger charge is 2.25. The Morgan fingerprint density at radius 3 is 2.40 bits per heavy atom. The summed E-state index contributed by atoms with van der Waals surface area (Å²) in [6.07, 6.45) is 11.4. The van der Waals surface area contributed by atoms with Crippen molar-refractivity contribution in [1.29, 1.82) is 0 Å². The number of hydrogen-bond donors (Lipinski definition) is 1. The molecule has 2 aliphatic rings. The van der Waals surface area contributed by atoms with Crippen LogP contribution < -0.4 is 5.32 Å². The molecule has 1 aliphatic carbocycles. The molecule has 2 rings (SSSR count). The van der Waals surface area contributed by atoms with Gasteiger partial charge in [-0.15, -0.1) is 0 Å². The molecule has 0 radical (unpaired) electrons. The third kappa shape index (κ3) is 4.73. The van der Waals surface area contributed by atoms with E-state index in [4.69, 9.17) is 0 Å². The van der Waals surface area contributed by atoms with Gasteiger partial charge in [-0.3, -0.25) is 4.90 Å². The molecule has 3 atom stereocenters. The monoisotopic (exact) mass is 280 g/mol. The van der Waals surface area contributed by atoms with Gasteiger partial charge in [-0.05, 0) is 57.0 Å². The summed E-state index contributed by atoms with van der Waals surface area (Å²) in [6.45, 7) is 11.0. The second-order valence-corrected chi connectivity index (χ2v) is 7.44. The summed E-state index contributed by atoms with van der Waals surface area (Å²) in [6, 6.07) is 1.54. The second-order valence-electron chi connectivity index (χ2n) is 7.44. The van der Waals surface area contributed by atoms with Crippen LogP contribution in [0.5, 0.6) is 0 Å². The van der Waals surface area contributed by atoms with Gasteiger partial charge >= 0.3 is 0 Å². The highest BCUT2D eigenvalue weighted by molar-refractivity contribution is 4.83. The minimum Gasteiger partial charge on any atom is -0.312 e. The maximum Gasteiger partial charge on any atom is 0.0243 e. The van der Waals surface area contributed by atoms with E-state index in [0.29, 0.717) is 0 Å². The smallest absolute Gasteiger partial charge is 0.0243 e. The molecule has 0 aromatic rings. The largest absolute Gasteiger partial charge is 0.312 e. The van der Waals surface area contributed by atoms with Gasteiger partial charge in [0.25, 0.3) is 0 Å². The Bertz CT molecular complexity index is 258. The molecule has 20 heavy (non-hydrogen) atoms. The average Bonchev–Trinajstić information content (AvgIpc) is 2.85. The molecule has 1 aliphatic heterocycles. The van der Waals surface area contributed by atoms with Crippen molar-refractivity contribution < 1.29 is 0 Å². The fourth-order valence-corrected chi connectivity index (χ4v) is 4.14. The van der Waals surface area contributed by atoms with E-state index in [-0.39, 0.29) is 0 Å². The third-order valence-corrected chi connectivity index (χ3v) is 5.66. The van der Waals surface area contributed by atoms with Crippen LogP contribution in [0, 0.1) is 11.8 Å². The molecule has 3 unspecified atom stereocenters. The zero-order valence-electron chi connectivity index (χ0n) is 14.0. The summed E-state index contributed by atoms with van der Waals surface area (Å²) in [5, 5.41) is 3.92. The minimum absolute atomic E-state index is 0.753. The Morgan fingerprint density at radius 2 is 1.75 bits per heavy atom. The third-order valence-electron chi connectivity index (χ3n) is 5.66. The molecule has 0 aromatic heterocycles. The number of hydrogen-bond acceptors (Lipinski definition) is 2. The number of likely N-dealkylation sites (tertiary alicyclic amines) is 1. The van der Waals surface area contributed by atoms with E-state index in [2.05, 4.69) is 31.0 Å². The van der Waals surface area contributed by atoms with E-state index in [9.17, 15) is 0 Å². The molecule has 2 nitrogen and oxygen atoms in total. The lowest BCUT2D eigenvalue weighted by Crippen LogP contribution is -2.46. The first-order valence-corrected chi connectivity index (χ1v) is 9.18. The van der Waals surface area contributed by atoms with Crippen molar-refractivity contribution >= 4 is 0 Å². The van der Waals surface area contributed by atoms with Crippen LogP contribution in [0.15, 0.2) is 0 Å². The van der Waals surface area contributed by atoms with Gasteiger partial charge in [0.1, 0.15) is 0 Å². The summed E-state index contributed by atoms with van der Waals surface area (Å²) < 4.78 is 0. The van der Waals surface area contributed by atoms with Crippen molar-refractivity contribution in [2.24, 2.45) is 11.8 Å². The predicted octanol–water partition coefficient (Wildman–Crippen LogP) is 4.06. The van der Waals surface area contributed by atoms with Crippen molar-refractivity contribution in [2.75, 3.05) is 19.6 Å². The highest BCUT2D eigenvalue weighted by atomic mass is 15.2. The zero-order chi connectivity index (χ0) is 14.4. The lowest BCUT2D eigenvalue weighted by atomic mass is 9.97. The first kappa shape index (κ1) is 16.3. The van der Waals surface area contributed by atoms with Crippen LogP contribution in [0.4, 0.5) is 0 Å². The first-order valence-electron chi connectivity index (χ1n) is 9.18. The van der Waals surface area contributed by atoms with E-state index >= 15 is 0 Å². The fourth-order valence-electron chi connectivity index (χ4n) is 4.14. The second kappa shape index (κ2) is 8.38. The highest BCUT2D eigenvalue weighted by Crippen LogP contribution is 2.26. The molecule has 1 heterocycles. The molecule has 1 N–H and O–H groups in total. The quantitative estimate of drug-likeness (QED) is 0.738. The molecule has 1 saturated heterocycles. The molecule has 2 fully saturated rings. The number of nitrogens with zero attached hydrogens (tertiary/aromatic N) is 1. The predicted molar refractivity (Wildman–Crippen MR) is 88.1 cm³/mol. The summed E-state index contributed by atoms with van der Waals surface area (Å²) in [5.74, 6) is 1.77. The molecule has 1 saturated carbocycles. The maximum atomic E-state index is 3.92. The Kier molecular flexibility index (Phi) is 6.83. The van der Waals surface area contributed by atoms with Crippen LogP contribution in [0.3, 0.4) is 0 Å². The van der Waals surface area contributed by atoms with Crippen LogP contribution in [0.25, 0.3) is 0 Å². The molecule has 0 amide bonds. The molecular weight excluding hydrogens is 244 g/mol. The average molecular weight is 281 g/mol. The van der Waals surface area contributed by atoms with Crippen molar-refractivity contribution in [3.05, 3.63) is 0 Å². The standard InChI is InChI=1S/C18H36N2/c1-4-16-8-7-9-17(11-10-16)19-14-18(15(2)3)20-12-5-6-13-20/h15-19H,4-14H2,1-3H3. The van der Waals surface area contributed by atoms with Crippen LogP contribution in [-0.2, 0) is 0 Å². The van der Waals surface area contributed by atoms with E-state index in [0.717, 1.165) is 23.9 Å². The summed E-state index contributed by atoms with van der Waals surface area (Å²) in [5.41, 5.74) is 0. The van der Waals surface area contributed by atoms with Crippen molar-refractivity contribution in [3.63, 3.8) is 0 Å². The van der Waals surface area contributed by atoms with Gasteiger partial charge in [0.15, 0.2) is 0 Å². The van der Waals surface area contributed by atoms with Crippen LogP contribution in [0.1, 0.15) is 72.1 Å². The molecule has 2 heteroatoms. The van der Waals surface area contributed by atoms with E-state index in [1.165, 1.54) is 71.0 Å². The van der Waals surface area contributed by atoms with Crippen molar-refractivity contribution in [3.8, 4) is 0 Å². The van der Waals surface area contributed by atoms with E-state index in [1.54, 1.807) is 0 Å². The van der Waals surface area contributed by atoms with Gasteiger partial charge in [0.05, 0.1) is 0 Å². The topological polar surface area (TPSA) is 15.3 Å². The minimum atomic E-state index is 0.753. The molecule has 0 spiro atoms. The fraction of sp³-hybridized carbons (Fsp3) is 1.00. The normalized spacial score (nSPS) is 30.6. The molecule has 0 bridgehead atoms. The molecule has 118 valence electrons. The summed E-state index contributed by atoms with van der Waals surface area (Å²) >= 11 is 0. The number of rotatable bonds is 6. The van der Waals surface area contributed by atoms with Gasteiger partial charge in [-0.25, -0.2) is 0 Å². The Balaban J connectivity index is 1.76. The zero-order valence-corrected chi connectivity index (χ0v) is 14.0. The van der Waals surface area contributed by atoms with Crippen LogP contribution in [0.2, 0.25) is 0 Å². The number of nitrogens with one attached hydrogen (secondary N) is 1.